The van der Waals surface area contributed by atoms with E-state index in [0.717, 1.165) is 32.2 Å². The molecule has 4 rings (SSSR count). The fourth-order valence-corrected chi connectivity index (χ4v) is 4.25. The topological polar surface area (TPSA) is 42.0 Å². The zero-order valence-corrected chi connectivity index (χ0v) is 21.3. The van der Waals surface area contributed by atoms with Crippen molar-refractivity contribution in [2.75, 3.05) is 0 Å². The van der Waals surface area contributed by atoms with Crippen molar-refractivity contribution in [2.45, 2.75) is 46.1 Å². The second-order valence-electron chi connectivity index (χ2n) is 9.65. The van der Waals surface area contributed by atoms with E-state index in [4.69, 9.17) is 4.98 Å². The number of nitrogens with one attached hydrogen (secondary N) is 1. The number of aryl methyl sites for hydroxylation is 1. The summed E-state index contributed by atoms with van der Waals surface area (Å²) in [5.74, 6) is -0.110. The van der Waals surface area contributed by atoms with Crippen molar-refractivity contribution < 1.29 is 4.79 Å². The SMILES string of the molecule is Cc1ccc(-c2cc(C(=O)NC(C)c3ccc(C(C)(C)C)cc3)c3cc(Br)ccc3n2)cc1. The van der Waals surface area contributed by atoms with Gasteiger partial charge < -0.3 is 5.32 Å². The number of benzene rings is 3. The Hall–Kier alpha value is -2.98. The molecule has 0 aliphatic rings. The van der Waals surface area contributed by atoms with Crippen molar-refractivity contribution in [3.63, 3.8) is 0 Å². The third-order valence-corrected chi connectivity index (χ3v) is 6.48. The minimum Gasteiger partial charge on any atom is -0.345 e. The van der Waals surface area contributed by atoms with Gasteiger partial charge in [0.25, 0.3) is 5.91 Å². The van der Waals surface area contributed by atoms with Crippen molar-refractivity contribution in [1.29, 1.82) is 0 Å². The first-order valence-electron chi connectivity index (χ1n) is 11.2. The van der Waals surface area contributed by atoms with Crippen LogP contribution in [0.5, 0.6) is 0 Å². The van der Waals surface area contributed by atoms with Crippen LogP contribution in [0.25, 0.3) is 22.2 Å². The van der Waals surface area contributed by atoms with Crippen molar-refractivity contribution in [3.8, 4) is 11.3 Å². The zero-order valence-electron chi connectivity index (χ0n) is 19.7. The highest BCUT2D eigenvalue weighted by atomic mass is 79.9. The highest BCUT2D eigenvalue weighted by Gasteiger charge is 2.18. The van der Waals surface area contributed by atoms with Gasteiger partial charge in [0.2, 0.25) is 0 Å². The van der Waals surface area contributed by atoms with Gasteiger partial charge >= 0.3 is 0 Å². The lowest BCUT2D eigenvalue weighted by Crippen LogP contribution is -2.27. The van der Waals surface area contributed by atoms with Gasteiger partial charge in [0.1, 0.15) is 0 Å². The second kappa shape index (κ2) is 9.11. The highest BCUT2D eigenvalue weighted by Crippen LogP contribution is 2.29. The van der Waals surface area contributed by atoms with E-state index in [2.05, 4.69) is 85.3 Å². The van der Waals surface area contributed by atoms with E-state index < -0.39 is 0 Å². The number of fused-ring (bicyclic) bond motifs is 1. The normalized spacial score (nSPS) is 12.5. The first-order valence-corrected chi connectivity index (χ1v) is 12.0. The molecule has 1 aromatic heterocycles. The summed E-state index contributed by atoms with van der Waals surface area (Å²) in [6.07, 6.45) is 0. The first kappa shape index (κ1) is 23.2. The summed E-state index contributed by atoms with van der Waals surface area (Å²) >= 11 is 3.54. The van der Waals surface area contributed by atoms with Gasteiger partial charge in [0, 0.05) is 15.4 Å². The number of pyridine rings is 1. The first-order chi connectivity index (χ1) is 15.6. The summed E-state index contributed by atoms with van der Waals surface area (Å²) in [6, 6.07) is 24.3. The number of nitrogens with zero attached hydrogens (tertiary/aromatic N) is 1. The Morgan fingerprint density at radius 2 is 1.61 bits per heavy atom. The van der Waals surface area contributed by atoms with Gasteiger partial charge in [-0.05, 0) is 54.7 Å². The Morgan fingerprint density at radius 3 is 2.24 bits per heavy atom. The molecule has 4 aromatic rings. The lowest BCUT2D eigenvalue weighted by atomic mass is 9.86. The van der Waals surface area contributed by atoms with Crippen molar-refractivity contribution in [2.24, 2.45) is 0 Å². The number of hydrogen-bond acceptors (Lipinski definition) is 2. The van der Waals surface area contributed by atoms with Crippen molar-refractivity contribution in [3.05, 3.63) is 99.5 Å². The average Bonchev–Trinajstić information content (AvgIpc) is 2.78. The maximum absolute atomic E-state index is 13.5. The Balaban J connectivity index is 1.69. The molecule has 1 atom stereocenters. The van der Waals surface area contributed by atoms with Crippen LogP contribution in [0.15, 0.2) is 77.3 Å². The average molecular weight is 501 g/mol. The van der Waals surface area contributed by atoms with Crippen LogP contribution in [0.1, 0.15) is 60.8 Å². The van der Waals surface area contributed by atoms with E-state index in [0.29, 0.717) is 5.56 Å². The molecule has 0 saturated heterocycles. The van der Waals surface area contributed by atoms with Crippen LogP contribution in [-0.2, 0) is 5.41 Å². The van der Waals surface area contributed by atoms with E-state index in [9.17, 15) is 4.79 Å². The molecule has 0 saturated carbocycles. The molecule has 0 aliphatic heterocycles. The minimum absolute atomic E-state index is 0.0980. The molecule has 0 radical (unpaired) electrons. The summed E-state index contributed by atoms with van der Waals surface area (Å²) < 4.78 is 0.916. The summed E-state index contributed by atoms with van der Waals surface area (Å²) in [4.78, 5) is 18.3. The Kier molecular flexibility index (Phi) is 6.40. The molecular formula is C29H29BrN2O. The quantitative estimate of drug-likeness (QED) is 0.311. The standard InChI is InChI=1S/C29H29BrN2O/c1-18-6-8-21(9-7-18)27-17-25(24-16-23(30)14-15-26(24)32-27)28(33)31-19(2)20-10-12-22(13-11-20)29(3,4)5/h6-17,19H,1-5H3,(H,31,33). The summed E-state index contributed by atoms with van der Waals surface area (Å²) in [5, 5.41) is 4.01. The van der Waals surface area contributed by atoms with Crippen LogP contribution in [0.3, 0.4) is 0 Å². The lowest BCUT2D eigenvalue weighted by Gasteiger charge is -2.21. The maximum atomic E-state index is 13.5. The second-order valence-corrected chi connectivity index (χ2v) is 10.6. The van der Waals surface area contributed by atoms with Gasteiger partial charge in [-0.15, -0.1) is 0 Å². The molecule has 0 fully saturated rings. The Labute approximate surface area is 204 Å². The van der Waals surface area contributed by atoms with Crippen LogP contribution in [0, 0.1) is 6.92 Å². The summed E-state index contributed by atoms with van der Waals surface area (Å²) in [5.41, 5.74) is 6.83. The maximum Gasteiger partial charge on any atom is 0.252 e. The van der Waals surface area contributed by atoms with Crippen molar-refractivity contribution in [1.82, 2.24) is 10.3 Å². The smallest absolute Gasteiger partial charge is 0.252 e. The molecule has 1 N–H and O–H groups in total. The van der Waals surface area contributed by atoms with Crippen LogP contribution in [-0.4, -0.2) is 10.9 Å². The molecule has 1 unspecified atom stereocenters. The molecule has 3 nitrogen and oxygen atoms in total. The van der Waals surface area contributed by atoms with E-state index in [1.54, 1.807) is 0 Å². The van der Waals surface area contributed by atoms with Crippen LogP contribution < -0.4 is 5.32 Å². The van der Waals surface area contributed by atoms with Gasteiger partial charge in [-0.3, -0.25) is 4.79 Å². The van der Waals surface area contributed by atoms with Gasteiger partial charge in [-0.1, -0.05) is 90.8 Å². The van der Waals surface area contributed by atoms with Gasteiger partial charge in [0.15, 0.2) is 0 Å². The molecule has 0 spiro atoms. The third-order valence-electron chi connectivity index (χ3n) is 5.99. The number of aromatic nitrogens is 1. The van der Waals surface area contributed by atoms with Crippen LogP contribution >= 0.6 is 15.9 Å². The Morgan fingerprint density at radius 1 is 0.939 bits per heavy atom. The van der Waals surface area contributed by atoms with Crippen LogP contribution in [0.2, 0.25) is 0 Å². The van der Waals surface area contributed by atoms with Crippen LogP contribution in [0.4, 0.5) is 0 Å². The zero-order chi connectivity index (χ0) is 23.8. The fraction of sp³-hybridized carbons (Fsp3) is 0.241. The summed E-state index contributed by atoms with van der Waals surface area (Å²) in [6.45, 7) is 10.7. The lowest BCUT2D eigenvalue weighted by molar-refractivity contribution is 0.0941. The number of carbonyl (C=O) groups is 1. The van der Waals surface area contributed by atoms with E-state index in [-0.39, 0.29) is 17.4 Å². The largest absolute Gasteiger partial charge is 0.345 e. The minimum atomic E-state index is -0.121. The fourth-order valence-electron chi connectivity index (χ4n) is 3.89. The number of amides is 1. The predicted octanol–water partition coefficient (Wildman–Crippen LogP) is 7.76. The number of carbonyl (C=O) groups excluding carboxylic acids is 1. The molecule has 1 heterocycles. The van der Waals surface area contributed by atoms with Gasteiger partial charge in [0.05, 0.1) is 22.8 Å². The summed E-state index contributed by atoms with van der Waals surface area (Å²) in [7, 11) is 0. The molecular weight excluding hydrogens is 472 g/mol. The Bertz CT molecular complexity index is 1300. The van der Waals surface area contributed by atoms with E-state index in [1.807, 2.05) is 43.3 Å². The molecule has 0 bridgehead atoms. The molecule has 4 heteroatoms. The number of hydrogen-bond donors (Lipinski definition) is 1. The number of rotatable bonds is 4. The molecule has 3 aromatic carbocycles. The molecule has 0 aliphatic carbocycles. The van der Waals surface area contributed by atoms with E-state index in [1.165, 1.54) is 11.1 Å². The van der Waals surface area contributed by atoms with Gasteiger partial charge in [-0.25, -0.2) is 4.98 Å². The highest BCUT2D eigenvalue weighted by molar-refractivity contribution is 9.10. The van der Waals surface area contributed by atoms with E-state index >= 15 is 0 Å². The molecule has 1 amide bonds. The molecule has 168 valence electrons. The predicted molar refractivity (Wildman–Crippen MR) is 141 cm³/mol. The molecule has 33 heavy (non-hydrogen) atoms. The number of halogens is 1. The third kappa shape index (κ3) is 5.17. The van der Waals surface area contributed by atoms with Crippen molar-refractivity contribution >= 4 is 32.7 Å². The van der Waals surface area contributed by atoms with Gasteiger partial charge in [-0.2, -0.15) is 0 Å². The monoisotopic (exact) mass is 500 g/mol.